The van der Waals surface area contributed by atoms with Crippen LogP contribution in [0.4, 0.5) is 22.0 Å². The van der Waals surface area contributed by atoms with Gasteiger partial charge in [0.25, 0.3) is 0 Å². The van der Waals surface area contributed by atoms with Crippen LogP contribution < -0.4 is 0 Å². The summed E-state index contributed by atoms with van der Waals surface area (Å²) in [5, 5.41) is 0. The topological polar surface area (TPSA) is 43.4 Å². The Labute approximate surface area is 148 Å². The standard InChI is InChI=1S/C15H12F5IO3S/c1-9-3-5-13(11(16)7-9)21(24-25(22,23)15(18,19)20)14-6-4-10(2)8-12(14)17/h3-8H,1-2H3. The van der Waals surface area contributed by atoms with Crippen LogP contribution in [-0.4, -0.2) is 13.9 Å². The Morgan fingerprint density at radius 2 is 1.28 bits per heavy atom. The Morgan fingerprint density at radius 3 is 1.60 bits per heavy atom. The summed E-state index contributed by atoms with van der Waals surface area (Å²) in [5.74, 6) is -1.88. The van der Waals surface area contributed by atoms with Crippen LogP contribution in [-0.2, 0) is 12.6 Å². The molecule has 0 amide bonds. The van der Waals surface area contributed by atoms with E-state index in [1.54, 1.807) is 13.8 Å². The van der Waals surface area contributed by atoms with Gasteiger partial charge in [0.2, 0.25) is 0 Å². The third-order valence-electron chi connectivity index (χ3n) is 2.95. The Morgan fingerprint density at radius 1 is 0.880 bits per heavy atom. The zero-order valence-corrected chi connectivity index (χ0v) is 15.8. The van der Waals surface area contributed by atoms with E-state index in [0.29, 0.717) is 11.1 Å². The minimum absolute atomic E-state index is 0.370. The molecule has 0 bridgehead atoms. The molecule has 0 heterocycles. The van der Waals surface area contributed by atoms with Crippen LogP contribution in [0.25, 0.3) is 0 Å². The van der Waals surface area contributed by atoms with E-state index in [9.17, 15) is 30.4 Å². The number of benzene rings is 2. The predicted octanol–water partition coefficient (Wildman–Crippen LogP) is 4.91. The molecular formula is C15H12F5IO3S. The first kappa shape index (κ1) is 20.0. The van der Waals surface area contributed by atoms with E-state index >= 15 is 0 Å². The van der Waals surface area contributed by atoms with Gasteiger partial charge < -0.3 is 0 Å². The molecule has 2 rings (SSSR count). The Balaban J connectivity index is 2.63. The molecule has 2 aromatic carbocycles. The first-order valence-corrected chi connectivity index (χ1v) is 11.1. The molecule has 0 atom stereocenters. The van der Waals surface area contributed by atoms with Crippen molar-refractivity contribution in [1.29, 1.82) is 0 Å². The average Bonchev–Trinajstić information content (AvgIpc) is 2.44. The summed E-state index contributed by atoms with van der Waals surface area (Å²) in [4.78, 5) is 0. The maximum absolute atomic E-state index is 14.2. The van der Waals surface area contributed by atoms with Crippen LogP contribution in [0.5, 0.6) is 0 Å². The summed E-state index contributed by atoms with van der Waals surface area (Å²) >= 11 is -4.08. The maximum atomic E-state index is 14.2. The van der Waals surface area contributed by atoms with E-state index in [2.05, 4.69) is 2.51 Å². The summed E-state index contributed by atoms with van der Waals surface area (Å²) in [6.45, 7) is 3.09. The average molecular weight is 494 g/mol. The van der Waals surface area contributed by atoms with Gasteiger partial charge in [0.1, 0.15) is 0 Å². The monoisotopic (exact) mass is 494 g/mol. The van der Waals surface area contributed by atoms with Crippen molar-refractivity contribution >= 4 is 30.4 Å². The second-order valence-electron chi connectivity index (χ2n) is 5.05. The molecule has 0 aliphatic heterocycles. The van der Waals surface area contributed by atoms with E-state index in [1.165, 1.54) is 12.1 Å². The van der Waals surface area contributed by atoms with Gasteiger partial charge in [-0.05, 0) is 0 Å². The van der Waals surface area contributed by atoms with Crippen molar-refractivity contribution in [2.75, 3.05) is 0 Å². The van der Waals surface area contributed by atoms with Gasteiger partial charge >= 0.3 is 149 Å². The van der Waals surface area contributed by atoms with Gasteiger partial charge in [0, 0.05) is 0 Å². The quantitative estimate of drug-likeness (QED) is 0.345. The summed E-state index contributed by atoms with van der Waals surface area (Å²) in [6.07, 6.45) is 0. The zero-order valence-electron chi connectivity index (χ0n) is 12.9. The zero-order chi connectivity index (χ0) is 19.0. The molecule has 0 spiro atoms. The second kappa shape index (κ2) is 7.16. The number of hydrogen-bond donors (Lipinski definition) is 0. The molecule has 0 aromatic heterocycles. The van der Waals surface area contributed by atoms with Gasteiger partial charge in [-0.25, -0.2) is 0 Å². The fraction of sp³-hybridized carbons (Fsp3) is 0.200. The van der Waals surface area contributed by atoms with Crippen molar-refractivity contribution in [2.24, 2.45) is 0 Å². The number of aryl methyl sites for hydroxylation is 2. The number of rotatable bonds is 4. The molecule has 0 fully saturated rings. The molecule has 25 heavy (non-hydrogen) atoms. The van der Waals surface area contributed by atoms with Crippen LogP contribution in [0, 0.1) is 32.6 Å². The molecule has 0 saturated heterocycles. The van der Waals surface area contributed by atoms with E-state index in [-0.39, 0.29) is 7.14 Å². The van der Waals surface area contributed by atoms with E-state index in [4.69, 9.17) is 0 Å². The van der Waals surface area contributed by atoms with Gasteiger partial charge in [-0.1, -0.05) is 0 Å². The van der Waals surface area contributed by atoms with Crippen molar-refractivity contribution in [1.82, 2.24) is 0 Å². The van der Waals surface area contributed by atoms with Crippen LogP contribution in [0.15, 0.2) is 36.4 Å². The molecule has 0 unspecified atom stereocenters. The summed E-state index contributed by atoms with van der Waals surface area (Å²) in [6, 6.07) is 7.07. The first-order valence-electron chi connectivity index (χ1n) is 6.66. The molecular weight excluding hydrogens is 482 g/mol. The van der Waals surface area contributed by atoms with Crippen molar-refractivity contribution in [3.8, 4) is 0 Å². The van der Waals surface area contributed by atoms with Crippen LogP contribution in [0.2, 0.25) is 0 Å². The Kier molecular flexibility index (Phi) is 5.74. The molecule has 0 saturated carbocycles. The van der Waals surface area contributed by atoms with Crippen molar-refractivity contribution < 1.29 is 32.9 Å². The molecule has 10 heteroatoms. The minimum atomic E-state index is -6.01. The van der Waals surface area contributed by atoms with E-state index in [1.807, 2.05) is 0 Å². The third kappa shape index (κ3) is 4.47. The second-order valence-corrected chi connectivity index (χ2v) is 11.4. The van der Waals surface area contributed by atoms with Gasteiger partial charge in [0.15, 0.2) is 0 Å². The van der Waals surface area contributed by atoms with Crippen molar-refractivity contribution in [2.45, 2.75) is 19.4 Å². The number of hydrogen-bond acceptors (Lipinski definition) is 3. The summed E-state index contributed by atoms with van der Waals surface area (Å²) < 4.78 is 92.9. The predicted molar refractivity (Wildman–Crippen MR) is 89.7 cm³/mol. The Bertz CT molecular complexity index is 845. The van der Waals surface area contributed by atoms with Crippen LogP contribution >= 0.6 is 20.2 Å². The molecule has 138 valence electrons. The number of alkyl halides is 3. The number of halogens is 6. The summed E-state index contributed by atoms with van der Waals surface area (Å²) in [5.41, 5.74) is -4.74. The molecule has 2 aromatic rings. The third-order valence-corrected chi connectivity index (χ3v) is 10.2. The van der Waals surface area contributed by atoms with Crippen molar-refractivity contribution in [3.63, 3.8) is 0 Å². The van der Waals surface area contributed by atoms with Crippen LogP contribution in [0.3, 0.4) is 0 Å². The SMILES string of the molecule is Cc1ccc(I(OS(=O)(=O)C(F)(F)F)c2ccc(C)cc2F)c(F)c1. The van der Waals surface area contributed by atoms with Crippen LogP contribution in [0.1, 0.15) is 11.1 Å². The molecule has 3 nitrogen and oxygen atoms in total. The van der Waals surface area contributed by atoms with Gasteiger partial charge in [-0.3, -0.25) is 0 Å². The van der Waals surface area contributed by atoms with E-state index < -0.39 is 47.5 Å². The van der Waals surface area contributed by atoms with Gasteiger partial charge in [-0.15, -0.1) is 0 Å². The summed E-state index contributed by atoms with van der Waals surface area (Å²) in [7, 11) is -6.01. The molecule has 0 aliphatic carbocycles. The van der Waals surface area contributed by atoms with Gasteiger partial charge in [-0.2, -0.15) is 0 Å². The fourth-order valence-corrected chi connectivity index (χ4v) is 8.23. The molecule has 0 N–H and O–H groups in total. The Hall–Kier alpha value is -1.27. The molecule has 0 aliphatic rings. The van der Waals surface area contributed by atoms with Gasteiger partial charge in [0.05, 0.1) is 0 Å². The van der Waals surface area contributed by atoms with E-state index in [0.717, 1.165) is 24.3 Å². The van der Waals surface area contributed by atoms with Crippen molar-refractivity contribution in [3.05, 3.63) is 66.3 Å². The fourth-order valence-electron chi connectivity index (χ4n) is 1.78. The first-order chi connectivity index (χ1) is 11.4. The normalized spacial score (nSPS) is 13.0. The molecule has 0 radical (unpaired) electrons.